The number of anilines is 1. The van der Waals surface area contributed by atoms with Gasteiger partial charge in [0, 0.05) is 19.2 Å². The Balaban J connectivity index is 1.68. The molecule has 2 aromatic rings. The summed E-state index contributed by atoms with van der Waals surface area (Å²) in [6, 6.07) is 9.99. The number of nitrogens with zero attached hydrogens (tertiary/aromatic N) is 2. The smallest absolute Gasteiger partial charge is 0.474 e. The molecule has 9 heteroatoms. The van der Waals surface area contributed by atoms with E-state index in [1.54, 1.807) is 12.1 Å². The number of likely N-dealkylation sites (tertiary alicyclic amines) is 1. The molecule has 1 amide bonds. The SMILES string of the molecule is CN1CCC(Oc2cccc(NC(=O)c3ccccc3OC(F)(F)F)n2)CC1. The molecular weight excluding hydrogens is 375 g/mol. The quantitative estimate of drug-likeness (QED) is 0.836. The summed E-state index contributed by atoms with van der Waals surface area (Å²) in [5, 5.41) is 2.48. The van der Waals surface area contributed by atoms with Crippen LogP contribution in [-0.4, -0.2) is 48.4 Å². The number of rotatable bonds is 5. The lowest BCUT2D eigenvalue weighted by Crippen LogP contribution is -2.35. The van der Waals surface area contributed by atoms with Crippen LogP contribution in [0.4, 0.5) is 19.0 Å². The largest absolute Gasteiger partial charge is 0.573 e. The van der Waals surface area contributed by atoms with E-state index in [0.717, 1.165) is 32.0 Å². The van der Waals surface area contributed by atoms with E-state index in [-0.39, 0.29) is 17.5 Å². The predicted octanol–water partition coefficient (Wildman–Crippen LogP) is 3.71. The monoisotopic (exact) mass is 395 g/mol. The van der Waals surface area contributed by atoms with Gasteiger partial charge in [0.05, 0.1) is 5.56 Å². The molecule has 0 atom stereocenters. The maximum absolute atomic E-state index is 12.5. The molecule has 0 unspecified atom stereocenters. The fraction of sp³-hybridized carbons (Fsp3) is 0.368. The number of para-hydroxylation sites is 1. The summed E-state index contributed by atoms with van der Waals surface area (Å²) in [6.07, 6.45) is -3.11. The van der Waals surface area contributed by atoms with Gasteiger partial charge in [0.2, 0.25) is 5.88 Å². The van der Waals surface area contributed by atoms with Crippen LogP contribution in [0.3, 0.4) is 0 Å². The predicted molar refractivity (Wildman–Crippen MR) is 96.5 cm³/mol. The van der Waals surface area contributed by atoms with Crippen molar-refractivity contribution in [3.05, 3.63) is 48.0 Å². The average molecular weight is 395 g/mol. The highest BCUT2D eigenvalue weighted by atomic mass is 19.4. The Bertz CT molecular complexity index is 821. The van der Waals surface area contributed by atoms with Gasteiger partial charge in [-0.05, 0) is 38.1 Å². The normalized spacial score (nSPS) is 15.9. The van der Waals surface area contributed by atoms with Crippen LogP contribution in [0.15, 0.2) is 42.5 Å². The van der Waals surface area contributed by atoms with E-state index >= 15 is 0 Å². The number of aromatic nitrogens is 1. The average Bonchev–Trinajstić information content (AvgIpc) is 2.63. The fourth-order valence-electron chi connectivity index (χ4n) is 2.88. The van der Waals surface area contributed by atoms with Crippen LogP contribution < -0.4 is 14.8 Å². The lowest BCUT2D eigenvalue weighted by atomic mass is 10.1. The van der Waals surface area contributed by atoms with Gasteiger partial charge in [-0.25, -0.2) is 0 Å². The van der Waals surface area contributed by atoms with E-state index in [9.17, 15) is 18.0 Å². The van der Waals surface area contributed by atoms with Gasteiger partial charge in [-0.1, -0.05) is 18.2 Å². The van der Waals surface area contributed by atoms with Crippen molar-refractivity contribution in [3.8, 4) is 11.6 Å². The Morgan fingerprint density at radius 1 is 1.14 bits per heavy atom. The number of pyridine rings is 1. The van der Waals surface area contributed by atoms with Crippen molar-refractivity contribution in [1.82, 2.24) is 9.88 Å². The second kappa shape index (κ2) is 8.47. The van der Waals surface area contributed by atoms with Crippen molar-refractivity contribution in [2.45, 2.75) is 25.3 Å². The first-order valence-corrected chi connectivity index (χ1v) is 8.78. The number of hydrogen-bond acceptors (Lipinski definition) is 5. The van der Waals surface area contributed by atoms with Gasteiger partial charge in [0.15, 0.2) is 0 Å². The highest BCUT2D eigenvalue weighted by molar-refractivity contribution is 6.05. The van der Waals surface area contributed by atoms with Gasteiger partial charge in [0.1, 0.15) is 17.7 Å². The lowest BCUT2D eigenvalue weighted by Gasteiger charge is -2.28. The number of nitrogens with one attached hydrogen (secondary N) is 1. The number of halogens is 3. The number of alkyl halides is 3. The highest BCUT2D eigenvalue weighted by Gasteiger charge is 2.32. The van der Waals surface area contributed by atoms with Crippen molar-refractivity contribution in [1.29, 1.82) is 0 Å². The first-order chi connectivity index (χ1) is 13.3. The van der Waals surface area contributed by atoms with Gasteiger partial charge in [-0.3, -0.25) is 4.79 Å². The van der Waals surface area contributed by atoms with Gasteiger partial charge in [-0.2, -0.15) is 4.98 Å². The second-order valence-electron chi connectivity index (χ2n) is 6.48. The van der Waals surface area contributed by atoms with Crippen LogP contribution in [0.2, 0.25) is 0 Å². The van der Waals surface area contributed by atoms with E-state index < -0.39 is 18.0 Å². The maximum Gasteiger partial charge on any atom is 0.573 e. The summed E-state index contributed by atoms with van der Waals surface area (Å²) in [7, 11) is 2.05. The van der Waals surface area contributed by atoms with Gasteiger partial charge in [-0.15, -0.1) is 13.2 Å². The van der Waals surface area contributed by atoms with Crippen LogP contribution in [0.1, 0.15) is 23.2 Å². The molecule has 1 fully saturated rings. The minimum Gasteiger partial charge on any atom is -0.474 e. The van der Waals surface area contributed by atoms with Crippen molar-refractivity contribution >= 4 is 11.7 Å². The second-order valence-corrected chi connectivity index (χ2v) is 6.48. The van der Waals surface area contributed by atoms with Crippen molar-refractivity contribution in [3.63, 3.8) is 0 Å². The zero-order valence-electron chi connectivity index (χ0n) is 15.2. The van der Waals surface area contributed by atoms with E-state index in [2.05, 4.69) is 19.9 Å². The molecule has 28 heavy (non-hydrogen) atoms. The Hall–Kier alpha value is -2.81. The number of carbonyl (C=O) groups excluding carboxylic acids is 1. The summed E-state index contributed by atoms with van der Waals surface area (Å²) in [6.45, 7) is 1.86. The summed E-state index contributed by atoms with van der Waals surface area (Å²) >= 11 is 0. The Morgan fingerprint density at radius 2 is 1.86 bits per heavy atom. The fourth-order valence-corrected chi connectivity index (χ4v) is 2.88. The Kier molecular flexibility index (Phi) is 6.03. The molecule has 0 saturated carbocycles. The summed E-state index contributed by atoms with van der Waals surface area (Å²) in [5.74, 6) is -0.806. The first kappa shape index (κ1) is 19.9. The standard InChI is InChI=1S/C19H20F3N3O3/c1-25-11-9-13(10-12-25)27-17-8-4-7-16(23-17)24-18(26)14-5-2-3-6-15(14)28-19(20,21)22/h2-8,13H,9-12H2,1H3,(H,23,24,26). The Labute approximate surface area is 160 Å². The maximum atomic E-state index is 12.5. The van der Waals surface area contributed by atoms with E-state index in [4.69, 9.17) is 4.74 Å². The number of hydrogen-bond donors (Lipinski definition) is 1. The van der Waals surface area contributed by atoms with Gasteiger partial charge in [0.25, 0.3) is 5.91 Å². The van der Waals surface area contributed by atoms with Crippen LogP contribution in [0.5, 0.6) is 11.6 Å². The van der Waals surface area contributed by atoms with Crippen molar-refractivity contribution in [2.75, 3.05) is 25.5 Å². The van der Waals surface area contributed by atoms with E-state index in [0.29, 0.717) is 5.88 Å². The van der Waals surface area contributed by atoms with Crippen LogP contribution in [0, 0.1) is 0 Å². The molecule has 3 rings (SSSR count). The zero-order chi connectivity index (χ0) is 20.1. The van der Waals surface area contributed by atoms with Gasteiger partial charge < -0.3 is 19.7 Å². The molecule has 1 N–H and O–H groups in total. The van der Waals surface area contributed by atoms with Gasteiger partial charge >= 0.3 is 6.36 Å². The number of benzene rings is 1. The third kappa shape index (κ3) is 5.59. The highest BCUT2D eigenvalue weighted by Crippen LogP contribution is 2.27. The molecule has 2 heterocycles. The molecule has 0 spiro atoms. The van der Waals surface area contributed by atoms with Crippen LogP contribution >= 0.6 is 0 Å². The number of ether oxygens (including phenoxy) is 2. The lowest BCUT2D eigenvalue weighted by molar-refractivity contribution is -0.274. The third-order valence-corrected chi connectivity index (χ3v) is 4.28. The van der Waals surface area contributed by atoms with Crippen molar-refractivity contribution in [2.24, 2.45) is 0 Å². The molecular formula is C19H20F3N3O3. The first-order valence-electron chi connectivity index (χ1n) is 8.78. The molecule has 0 bridgehead atoms. The summed E-state index contributed by atoms with van der Waals surface area (Å²) in [5.41, 5.74) is -0.247. The van der Waals surface area contributed by atoms with Crippen LogP contribution in [-0.2, 0) is 0 Å². The molecule has 1 saturated heterocycles. The summed E-state index contributed by atoms with van der Waals surface area (Å²) < 4.78 is 47.3. The molecule has 1 aromatic carbocycles. The number of amides is 1. The summed E-state index contributed by atoms with van der Waals surface area (Å²) in [4.78, 5) is 18.9. The zero-order valence-corrected chi connectivity index (χ0v) is 15.2. The molecule has 1 aromatic heterocycles. The van der Waals surface area contributed by atoms with E-state index in [1.807, 2.05) is 7.05 Å². The van der Waals surface area contributed by atoms with Crippen molar-refractivity contribution < 1.29 is 27.4 Å². The third-order valence-electron chi connectivity index (χ3n) is 4.28. The van der Waals surface area contributed by atoms with E-state index in [1.165, 1.54) is 24.3 Å². The molecule has 150 valence electrons. The molecule has 1 aliphatic rings. The minimum atomic E-state index is -4.89. The topological polar surface area (TPSA) is 63.7 Å². The van der Waals surface area contributed by atoms with Crippen LogP contribution in [0.25, 0.3) is 0 Å². The molecule has 0 aliphatic carbocycles. The minimum absolute atomic E-state index is 0.0376. The Morgan fingerprint density at radius 3 is 2.57 bits per heavy atom. The molecule has 6 nitrogen and oxygen atoms in total. The molecule has 1 aliphatic heterocycles. The number of carbonyl (C=O) groups is 1. The number of piperidine rings is 1. The molecule has 0 radical (unpaired) electrons.